The van der Waals surface area contributed by atoms with Crippen molar-refractivity contribution in [1.29, 1.82) is 0 Å². The summed E-state index contributed by atoms with van der Waals surface area (Å²) >= 11 is 0. The van der Waals surface area contributed by atoms with Crippen molar-refractivity contribution in [3.05, 3.63) is 18.3 Å². The van der Waals surface area contributed by atoms with Gasteiger partial charge >= 0.3 is 7.12 Å². The Morgan fingerprint density at radius 3 is 2.09 bits per heavy atom. The lowest BCUT2D eigenvalue weighted by molar-refractivity contribution is -0.00545. The summed E-state index contributed by atoms with van der Waals surface area (Å²) < 4.78 is 17.9. The summed E-state index contributed by atoms with van der Waals surface area (Å²) in [4.78, 5) is 6.89. The SMILES string of the molecule is C[C@H]1CN(c2ccc(B3OC(C)(C)C(C)(C)O3)cn2)C[C@H](C)O1. The van der Waals surface area contributed by atoms with Crippen LogP contribution in [-0.4, -0.2) is 48.6 Å². The number of ether oxygens (including phenoxy) is 1. The molecule has 1 aromatic heterocycles. The summed E-state index contributed by atoms with van der Waals surface area (Å²) in [5, 5.41) is 0. The second-order valence-corrected chi connectivity index (χ2v) is 7.70. The molecule has 0 aliphatic carbocycles. The van der Waals surface area contributed by atoms with Crippen molar-refractivity contribution in [2.75, 3.05) is 18.0 Å². The third kappa shape index (κ3) is 3.25. The molecule has 0 aromatic carbocycles. The lowest BCUT2D eigenvalue weighted by Crippen LogP contribution is -2.46. The number of hydrogen-bond acceptors (Lipinski definition) is 5. The van der Waals surface area contributed by atoms with E-state index in [9.17, 15) is 0 Å². The lowest BCUT2D eigenvalue weighted by atomic mass is 9.80. The van der Waals surface area contributed by atoms with Crippen LogP contribution in [0.5, 0.6) is 0 Å². The Balaban J connectivity index is 1.73. The summed E-state index contributed by atoms with van der Waals surface area (Å²) in [6, 6.07) is 4.10. The molecule has 0 radical (unpaired) electrons. The fourth-order valence-electron chi connectivity index (χ4n) is 3.07. The molecule has 2 atom stereocenters. The highest BCUT2D eigenvalue weighted by atomic mass is 16.7. The van der Waals surface area contributed by atoms with Crippen molar-refractivity contribution in [3.8, 4) is 0 Å². The topological polar surface area (TPSA) is 43.8 Å². The normalized spacial score (nSPS) is 29.8. The van der Waals surface area contributed by atoms with Crippen LogP contribution in [0.2, 0.25) is 0 Å². The van der Waals surface area contributed by atoms with Gasteiger partial charge in [-0.15, -0.1) is 0 Å². The van der Waals surface area contributed by atoms with E-state index in [-0.39, 0.29) is 30.5 Å². The molecule has 0 spiro atoms. The molecular weight excluding hydrogens is 291 g/mol. The molecule has 2 aliphatic heterocycles. The molecular formula is C17H27BN2O3. The van der Waals surface area contributed by atoms with E-state index in [1.807, 2.05) is 12.3 Å². The highest BCUT2D eigenvalue weighted by Crippen LogP contribution is 2.36. The van der Waals surface area contributed by atoms with Gasteiger partial charge in [-0.1, -0.05) is 6.07 Å². The zero-order valence-corrected chi connectivity index (χ0v) is 15.0. The minimum Gasteiger partial charge on any atom is -0.399 e. The number of anilines is 1. The second kappa shape index (κ2) is 5.76. The fraction of sp³-hybridized carbons (Fsp3) is 0.706. The van der Waals surface area contributed by atoms with Gasteiger partial charge in [-0.25, -0.2) is 4.98 Å². The second-order valence-electron chi connectivity index (χ2n) is 7.70. The van der Waals surface area contributed by atoms with Gasteiger partial charge < -0.3 is 18.9 Å². The summed E-state index contributed by atoms with van der Waals surface area (Å²) in [5.74, 6) is 0.979. The number of nitrogens with zero attached hydrogens (tertiary/aromatic N) is 2. The Morgan fingerprint density at radius 1 is 1.04 bits per heavy atom. The van der Waals surface area contributed by atoms with Gasteiger partial charge in [-0.05, 0) is 47.6 Å². The van der Waals surface area contributed by atoms with E-state index in [0.29, 0.717) is 0 Å². The summed E-state index contributed by atoms with van der Waals surface area (Å²) in [7, 11) is -0.357. The van der Waals surface area contributed by atoms with E-state index in [1.165, 1.54) is 0 Å². The van der Waals surface area contributed by atoms with Crippen LogP contribution in [0.25, 0.3) is 0 Å². The van der Waals surface area contributed by atoms with Gasteiger partial charge in [0.05, 0.1) is 23.4 Å². The number of hydrogen-bond donors (Lipinski definition) is 0. The van der Waals surface area contributed by atoms with Gasteiger partial charge in [0, 0.05) is 24.7 Å². The first kappa shape index (κ1) is 16.7. The summed E-state index contributed by atoms with van der Waals surface area (Å²) in [6.07, 6.45) is 2.31. The van der Waals surface area contributed by atoms with Gasteiger partial charge in [0.2, 0.25) is 0 Å². The molecule has 2 aliphatic rings. The molecule has 0 amide bonds. The Hall–Kier alpha value is -1.11. The van der Waals surface area contributed by atoms with E-state index >= 15 is 0 Å². The maximum Gasteiger partial charge on any atom is 0.496 e. The van der Waals surface area contributed by atoms with E-state index in [0.717, 1.165) is 24.4 Å². The highest BCUT2D eigenvalue weighted by molar-refractivity contribution is 6.62. The largest absolute Gasteiger partial charge is 0.496 e. The number of pyridine rings is 1. The summed E-state index contributed by atoms with van der Waals surface area (Å²) in [5.41, 5.74) is 0.304. The molecule has 0 saturated carbocycles. The average Bonchev–Trinajstić information content (AvgIpc) is 2.66. The lowest BCUT2D eigenvalue weighted by Gasteiger charge is -2.36. The predicted octanol–water partition coefficient (Wildman–Crippen LogP) is 1.99. The molecule has 23 heavy (non-hydrogen) atoms. The number of aromatic nitrogens is 1. The molecule has 1 aromatic rings. The first-order valence-corrected chi connectivity index (χ1v) is 8.40. The van der Waals surface area contributed by atoms with E-state index in [4.69, 9.17) is 14.0 Å². The Morgan fingerprint density at radius 2 is 1.61 bits per heavy atom. The van der Waals surface area contributed by atoms with Crippen molar-refractivity contribution in [3.63, 3.8) is 0 Å². The molecule has 5 nitrogen and oxygen atoms in total. The Kier molecular flexibility index (Phi) is 4.19. The van der Waals surface area contributed by atoms with Crippen LogP contribution in [0.3, 0.4) is 0 Å². The minimum atomic E-state index is -0.357. The van der Waals surface area contributed by atoms with Gasteiger partial charge in [-0.3, -0.25) is 0 Å². The van der Waals surface area contributed by atoms with E-state index in [1.54, 1.807) is 0 Å². The van der Waals surface area contributed by atoms with Crippen LogP contribution in [0.1, 0.15) is 41.5 Å². The maximum atomic E-state index is 6.07. The molecule has 3 heterocycles. The van der Waals surface area contributed by atoms with Crippen LogP contribution in [-0.2, 0) is 14.0 Å². The average molecular weight is 318 g/mol. The minimum absolute atomic E-state index is 0.225. The molecule has 2 fully saturated rings. The Labute approximate surface area is 139 Å². The molecule has 0 bridgehead atoms. The fourth-order valence-corrected chi connectivity index (χ4v) is 3.07. The third-order valence-corrected chi connectivity index (χ3v) is 5.04. The van der Waals surface area contributed by atoms with Crippen molar-refractivity contribution in [1.82, 2.24) is 4.98 Å². The van der Waals surface area contributed by atoms with Crippen molar-refractivity contribution in [2.45, 2.75) is 65.0 Å². The predicted molar refractivity (Wildman–Crippen MR) is 92.2 cm³/mol. The zero-order valence-electron chi connectivity index (χ0n) is 15.0. The maximum absolute atomic E-state index is 6.07. The first-order valence-electron chi connectivity index (χ1n) is 8.40. The summed E-state index contributed by atoms with van der Waals surface area (Å²) in [6.45, 7) is 14.2. The third-order valence-electron chi connectivity index (χ3n) is 5.04. The standard InChI is InChI=1S/C17H27BN2O3/c1-12-10-20(11-13(2)21-12)15-8-7-14(9-19-15)18-22-16(3,4)17(5,6)23-18/h7-9,12-13H,10-11H2,1-6H3/t12-,13-/m0/s1. The van der Waals surface area contributed by atoms with Crippen molar-refractivity contribution < 1.29 is 14.0 Å². The number of morpholine rings is 1. The van der Waals surface area contributed by atoms with Gasteiger partial charge in [-0.2, -0.15) is 0 Å². The van der Waals surface area contributed by atoms with Crippen molar-refractivity contribution >= 4 is 18.4 Å². The van der Waals surface area contributed by atoms with Crippen LogP contribution in [0, 0.1) is 0 Å². The first-order chi connectivity index (χ1) is 10.7. The molecule has 0 N–H and O–H groups in total. The molecule has 2 saturated heterocycles. The van der Waals surface area contributed by atoms with Gasteiger partial charge in [0.25, 0.3) is 0 Å². The molecule has 3 rings (SSSR count). The smallest absolute Gasteiger partial charge is 0.399 e. The number of rotatable bonds is 2. The van der Waals surface area contributed by atoms with E-state index in [2.05, 4.69) is 57.5 Å². The van der Waals surface area contributed by atoms with E-state index < -0.39 is 0 Å². The molecule has 126 valence electrons. The monoisotopic (exact) mass is 318 g/mol. The quantitative estimate of drug-likeness (QED) is 0.780. The van der Waals surface area contributed by atoms with Crippen molar-refractivity contribution in [2.24, 2.45) is 0 Å². The highest BCUT2D eigenvalue weighted by Gasteiger charge is 2.51. The van der Waals surface area contributed by atoms with Crippen LogP contribution in [0.15, 0.2) is 18.3 Å². The van der Waals surface area contributed by atoms with Gasteiger partial charge in [0.1, 0.15) is 5.82 Å². The van der Waals surface area contributed by atoms with Crippen LogP contribution >= 0.6 is 0 Å². The Bertz CT molecular complexity index is 535. The zero-order chi connectivity index (χ0) is 16.8. The van der Waals surface area contributed by atoms with Crippen LogP contribution < -0.4 is 10.4 Å². The van der Waals surface area contributed by atoms with Crippen LogP contribution in [0.4, 0.5) is 5.82 Å². The molecule has 0 unspecified atom stereocenters. The van der Waals surface area contributed by atoms with Gasteiger partial charge in [0.15, 0.2) is 0 Å². The molecule has 6 heteroatoms.